The van der Waals surface area contributed by atoms with Gasteiger partial charge in [0, 0.05) is 22.2 Å². The molecule has 0 atom stereocenters. The normalized spacial score (nSPS) is 11.9. The van der Waals surface area contributed by atoms with Crippen LogP contribution in [0.3, 0.4) is 0 Å². The lowest BCUT2D eigenvalue weighted by atomic mass is 10.2. The quantitative estimate of drug-likeness (QED) is 0.412. The second kappa shape index (κ2) is 6.58. The Morgan fingerprint density at radius 3 is 2.52 bits per heavy atom. The Hall–Kier alpha value is -2.84. The van der Waals surface area contributed by atoms with Crippen LogP contribution < -0.4 is 11.5 Å². The minimum Gasteiger partial charge on any atom is -0.369 e. The van der Waals surface area contributed by atoms with Crippen molar-refractivity contribution in [1.82, 2.24) is 3.97 Å². The van der Waals surface area contributed by atoms with E-state index < -0.39 is 10.0 Å². The maximum Gasteiger partial charge on any atom is 0.268 e. The van der Waals surface area contributed by atoms with Crippen molar-refractivity contribution < 1.29 is 8.42 Å². The third-order valence-corrected chi connectivity index (χ3v) is 5.36. The molecule has 25 heavy (non-hydrogen) atoms. The monoisotopic (exact) mass is 375 g/mol. The summed E-state index contributed by atoms with van der Waals surface area (Å²) in [5.74, 6) is -0.199. The van der Waals surface area contributed by atoms with Gasteiger partial charge in [0.15, 0.2) is 0 Å². The number of hydrogen-bond acceptors (Lipinski definition) is 4. The SMILES string of the molecule is NC(N)=N/N=C\c1cn(S(=O)(=O)c2ccccc2)c2ccc(Cl)cc12. The molecule has 7 nitrogen and oxygen atoms in total. The van der Waals surface area contributed by atoms with Crippen molar-refractivity contribution in [2.75, 3.05) is 0 Å². The molecule has 128 valence electrons. The summed E-state index contributed by atoms with van der Waals surface area (Å²) in [6, 6.07) is 13.1. The number of hydrogen-bond donors (Lipinski definition) is 2. The molecule has 0 aliphatic rings. The van der Waals surface area contributed by atoms with E-state index in [4.69, 9.17) is 23.1 Å². The van der Waals surface area contributed by atoms with E-state index in [1.807, 2.05) is 0 Å². The summed E-state index contributed by atoms with van der Waals surface area (Å²) in [4.78, 5) is 0.176. The highest BCUT2D eigenvalue weighted by molar-refractivity contribution is 7.90. The zero-order valence-corrected chi connectivity index (χ0v) is 14.4. The van der Waals surface area contributed by atoms with Crippen LogP contribution in [0.4, 0.5) is 0 Å². The van der Waals surface area contributed by atoms with Crippen molar-refractivity contribution in [2.45, 2.75) is 4.90 Å². The summed E-state index contributed by atoms with van der Waals surface area (Å²) in [7, 11) is -3.77. The van der Waals surface area contributed by atoms with E-state index in [1.165, 1.54) is 28.5 Å². The van der Waals surface area contributed by atoms with Gasteiger partial charge in [-0.1, -0.05) is 29.8 Å². The van der Waals surface area contributed by atoms with Gasteiger partial charge in [0.2, 0.25) is 5.96 Å². The molecule has 0 saturated carbocycles. The molecule has 0 radical (unpaired) electrons. The first-order valence-electron chi connectivity index (χ1n) is 7.13. The highest BCUT2D eigenvalue weighted by Gasteiger charge is 2.20. The second-order valence-corrected chi connectivity index (χ2v) is 7.38. The van der Waals surface area contributed by atoms with Crippen molar-refractivity contribution in [3.05, 3.63) is 65.3 Å². The summed E-state index contributed by atoms with van der Waals surface area (Å²) in [6.07, 6.45) is 2.82. The molecule has 3 aromatic rings. The first-order chi connectivity index (χ1) is 11.9. The van der Waals surface area contributed by atoms with E-state index in [2.05, 4.69) is 10.2 Å². The first kappa shape index (κ1) is 17.0. The average molecular weight is 376 g/mol. The number of halogens is 1. The van der Waals surface area contributed by atoms with Crippen LogP contribution in [0.1, 0.15) is 5.56 Å². The molecule has 3 rings (SSSR count). The lowest BCUT2D eigenvalue weighted by molar-refractivity contribution is 0.589. The van der Waals surface area contributed by atoms with Crippen molar-refractivity contribution in [3.63, 3.8) is 0 Å². The fourth-order valence-corrected chi connectivity index (χ4v) is 3.93. The van der Waals surface area contributed by atoms with E-state index in [-0.39, 0.29) is 10.9 Å². The Bertz CT molecular complexity index is 1080. The third-order valence-electron chi connectivity index (χ3n) is 3.43. The fraction of sp³-hybridized carbons (Fsp3) is 0. The summed E-state index contributed by atoms with van der Waals surface area (Å²) in [5.41, 5.74) is 11.5. The maximum atomic E-state index is 12.9. The van der Waals surface area contributed by atoms with E-state index >= 15 is 0 Å². The highest BCUT2D eigenvalue weighted by atomic mass is 35.5. The molecule has 0 unspecified atom stereocenters. The van der Waals surface area contributed by atoms with Crippen molar-refractivity contribution >= 4 is 44.7 Å². The minimum atomic E-state index is -3.77. The van der Waals surface area contributed by atoms with Gasteiger partial charge >= 0.3 is 0 Å². The van der Waals surface area contributed by atoms with Crippen LogP contribution in [0, 0.1) is 0 Å². The Kier molecular flexibility index (Phi) is 4.47. The molecule has 0 aliphatic heterocycles. The molecule has 0 aliphatic carbocycles. The van der Waals surface area contributed by atoms with Gasteiger partial charge in [-0.05, 0) is 30.3 Å². The van der Waals surface area contributed by atoms with E-state index in [9.17, 15) is 8.42 Å². The Balaban J connectivity index is 2.23. The number of fused-ring (bicyclic) bond motifs is 1. The van der Waals surface area contributed by atoms with Crippen LogP contribution in [0.15, 0.2) is 69.8 Å². The van der Waals surface area contributed by atoms with Gasteiger partial charge in [-0.15, -0.1) is 5.10 Å². The standard InChI is InChI=1S/C16H14ClN5O2S/c17-12-6-7-15-14(8-12)11(9-20-21-16(18)19)10-22(15)25(23,24)13-4-2-1-3-5-13/h1-10H,(H4,18,19,21)/b20-9-. The first-order valence-corrected chi connectivity index (χ1v) is 8.94. The fourth-order valence-electron chi connectivity index (χ4n) is 2.36. The Labute approximate surface area is 149 Å². The largest absolute Gasteiger partial charge is 0.369 e. The molecule has 0 amide bonds. The van der Waals surface area contributed by atoms with Crippen LogP contribution in [-0.2, 0) is 10.0 Å². The van der Waals surface area contributed by atoms with Gasteiger partial charge in [-0.25, -0.2) is 12.4 Å². The third kappa shape index (κ3) is 3.35. The minimum absolute atomic E-state index is 0.176. The van der Waals surface area contributed by atoms with Gasteiger partial charge in [0.05, 0.1) is 16.6 Å². The lowest BCUT2D eigenvalue weighted by Gasteiger charge is -2.07. The molecular weight excluding hydrogens is 362 g/mol. The number of nitrogens with zero attached hydrogens (tertiary/aromatic N) is 3. The molecule has 0 saturated heterocycles. The lowest BCUT2D eigenvalue weighted by Crippen LogP contribution is -2.21. The molecular formula is C16H14ClN5O2S. The summed E-state index contributed by atoms with van der Waals surface area (Å²) in [5, 5.41) is 8.36. The van der Waals surface area contributed by atoms with Gasteiger partial charge in [0.1, 0.15) is 0 Å². The summed E-state index contributed by atoms with van der Waals surface area (Å²) in [6.45, 7) is 0. The van der Waals surface area contributed by atoms with Crippen LogP contribution in [0.5, 0.6) is 0 Å². The number of aromatic nitrogens is 1. The number of guanidine groups is 1. The van der Waals surface area contributed by atoms with Crippen molar-refractivity contribution in [1.29, 1.82) is 0 Å². The van der Waals surface area contributed by atoms with E-state index in [1.54, 1.807) is 36.4 Å². The maximum absolute atomic E-state index is 12.9. The van der Waals surface area contributed by atoms with Gasteiger partial charge < -0.3 is 11.5 Å². The summed E-state index contributed by atoms with van der Waals surface area (Å²) < 4.78 is 27.1. The molecule has 2 aromatic carbocycles. The Morgan fingerprint density at radius 2 is 1.84 bits per heavy atom. The van der Waals surface area contributed by atoms with Crippen LogP contribution in [-0.4, -0.2) is 24.6 Å². The van der Waals surface area contributed by atoms with E-state index in [0.717, 1.165) is 0 Å². The summed E-state index contributed by atoms with van der Waals surface area (Å²) >= 11 is 6.04. The number of rotatable bonds is 4. The molecule has 0 fully saturated rings. The molecule has 1 heterocycles. The van der Waals surface area contributed by atoms with Crippen molar-refractivity contribution in [3.8, 4) is 0 Å². The molecule has 4 N–H and O–H groups in total. The zero-order valence-electron chi connectivity index (χ0n) is 12.9. The van der Waals surface area contributed by atoms with Crippen LogP contribution >= 0.6 is 11.6 Å². The van der Waals surface area contributed by atoms with Crippen LogP contribution in [0.25, 0.3) is 10.9 Å². The Morgan fingerprint density at radius 1 is 1.12 bits per heavy atom. The molecule has 0 bridgehead atoms. The van der Waals surface area contributed by atoms with Gasteiger partial charge in [0.25, 0.3) is 10.0 Å². The zero-order chi connectivity index (χ0) is 18.0. The van der Waals surface area contributed by atoms with Gasteiger partial charge in [-0.3, -0.25) is 0 Å². The van der Waals surface area contributed by atoms with Crippen LogP contribution in [0.2, 0.25) is 5.02 Å². The van der Waals surface area contributed by atoms with Crippen molar-refractivity contribution in [2.24, 2.45) is 21.7 Å². The van der Waals surface area contributed by atoms with Gasteiger partial charge in [-0.2, -0.15) is 5.10 Å². The molecule has 0 spiro atoms. The molecule has 1 aromatic heterocycles. The second-order valence-electron chi connectivity index (χ2n) is 5.13. The topological polar surface area (TPSA) is 116 Å². The predicted octanol–water partition coefficient (Wildman–Crippen LogP) is 2.14. The number of nitrogens with two attached hydrogens (primary N) is 2. The highest BCUT2D eigenvalue weighted by Crippen LogP contribution is 2.27. The number of benzene rings is 2. The van der Waals surface area contributed by atoms with E-state index in [0.29, 0.717) is 21.5 Å². The molecule has 9 heteroatoms. The average Bonchev–Trinajstić information content (AvgIpc) is 2.94. The smallest absolute Gasteiger partial charge is 0.268 e. The predicted molar refractivity (Wildman–Crippen MR) is 99.4 cm³/mol.